The number of halogens is 1. The molecule has 0 bridgehead atoms. The molecule has 0 aliphatic carbocycles. The van der Waals surface area contributed by atoms with Crippen molar-refractivity contribution in [2.24, 2.45) is 4.99 Å². The molecule has 182 valence electrons. The van der Waals surface area contributed by atoms with Gasteiger partial charge in [-0.25, -0.2) is 4.99 Å². The third-order valence-electron chi connectivity index (χ3n) is 5.26. The second-order valence-corrected chi connectivity index (χ2v) is 7.67. The predicted octanol–water partition coefficient (Wildman–Crippen LogP) is 2.61. The van der Waals surface area contributed by atoms with E-state index in [0.717, 1.165) is 67.6 Å². The Bertz CT molecular complexity index is 907. The highest BCUT2D eigenvalue weighted by molar-refractivity contribution is 14.0. The number of fused-ring (bicyclic) bond motifs is 2. The Balaban J connectivity index is 0.00000306. The standard InChI is InChI=1S/C22H32N6O4.HI/c1-29-13-14-30-10-3-8-23-22(24-16-21-27-26-20-5-2-9-28(20)21)25-17-6-7-18-19(15-17)32-12-4-11-31-18;/h6-7,15H,2-5,8-14,16H2,1H3,(H2,23,24,25);1H. The maximum Gasteiger partial charge on any atom is 0.196 e. The van der Waals surface area contributed by atoms with Crippen molar-refractivity contribution in [2.45, 2.75) is 38.8 Å². The number of methoxy groups -OCH3 is 1. The first kappa shape index (κ1) is 25.5. The minimum absolute atomic E-state index is 0. The molecule has 3 heterocycles. The summed E-state index contributed by atoms with van der Waals surface area (Å²) in [5, 5.41) is 15.3. The summed E-state index contributed by atoms with van der Waals surface area (Å²) >= 11 is 0. The molecule has 0 saturated heterocycles. The lowest BCUT2D eigenvalue weighted by Gasteiger charge is -2.15. The van der Waals surface area contributed by atoms with Gasteiger partial charge in [0.15, 0.2) is 23.3 Å². The van der Waals surface area contributed by atoms with Gasteiger partial charge < -0.3 is 34.1 Å². The van der Waals surface area contributed by atoms with Crippen LogP contribution in [0.2, 0.25) is 0 Å². The van der Waals surface area contributed by atoms with Gasteiger partial charge in [-0.3, -0.25) is 0 Å². The van der Waals surface area contributed by atoms with E-state index in [1.54, 1.807) is 7.11 Å². The molecule has 1 aromatic carbocycles. The Labute approximate surface area is 211 Å². The number of hydrogen-bond donors (Lipinski definition) is 2. The van der Waals surface area contributed by atoms with Crippen LogP contribution in [0, 0.1) is 0 Å². The molecule has 4 rings (SSSR count). The zero-order valence-electron chi connectivity index (χ0n) is 19.0. The monoisotopic (exact) mass is 572 g/mol. The molecule has 2 aromatic rings. The van der Waals surface area contributed by atoms with Crippen molar-refractivity contribution in [3.05, 3.63) is 29.8 Å². The Morgan fingerprint density at radius 1 is 1.12 bits per heavy atom. The molecule has 2 aliphatic rings. The number of aryl methyl sites for hydroxylation is 1. The summed E-state index contributed by atoms with van der Waals surface area (Å²) in [5.41, 5.74) is 0.878. The third-order valence-corrected chi connectivity index (χ3v) is 5.26. The highest BCUT2D eigenvalue weighted by Crippen LogP contribution is 2.32. The number of nitrogens with one attached hydrogen (secondary N) is 2. The van der Waals surface area contributed by atoms with Gasteiger partial charge in [0.1, 0.15) is 12.4 Å². The summed E-state index contributed by atoms with van der Waals surface area (Å²) in [6.45, 7) is 5.33. The van der Waals surface area contributed by atoms with Crippen LogP contribution >= 0.6 is 24.0 Å². The largest absolute Gasteiger partial charge is 0.490 e. The number of guanidine groups is 1. The van der Waals surface area contributed by atoms with Crippen molar-refractivity contribution in [2.75, 3.05) is 52.0 Å². The van der Waals surface area contributed by atoms with Crippen LogP contribution in [-0.2, 0) is 29.0 Å². The summed E-state index contributed by atoms with van der Waals surface area (Å²) in [5.74, 6) is 4.13. The van der Waals surface area contributed by atoms with E-state index in [9.17, 15) is 0 Å². The van der Waals surface area contributed by atoms with Gasteiger partial charge >= 0.3 is 0 Å². The van der Waals surface area contributed by atoms with E-state index in [0.29, 0.717) is 45.5 Å². The van der Waals surface area contributed by atoms with Crippen LogP contribution in [0.25, 0.3) is 0 Å². The third kappa shape index (κ3) is 7.44. The van der Waals surface area contributed by atoms with E-state index in [2.05, 4.69) is 25.4 Å². The maximum absolute atomic E-state index is 5.81. The van der Waals surface area contributed by atoms with Crippen LogP contribution in [0.3, 0.4) is 0 Å². The molecule has 2 aliphatic heterocycles. The number of anilines is 1. The Hall–Kier alpha value is -2.12. The number of benzene rings is 1. The van der Waals surface area contributed by atoms with Gasteiger partial charge in [-0.1, -0.05) is 0 Å². The summed E-state index contributed by atoms with van der Waals surface area (Å²) in [6, 6.07) is 5.84. The summed E-state index contributed by atoms with van der Waals surface area (Å²) in [7, 11) is 1.67. The molecule has 0 radical (unpaired) electrons. The fourth-order valence-corrected chi connectivity index (χ4v) is 3.62. The Morgan fingerprint density at radius 3 is 2.88 bits per heavy atom. The van der Waals surface area contributed by atoms with E-state index in [4.69, 9.17) is 23.9 Å². The van der Waals surface area contributed by atoms with Gasteiger partial charge in [-0.2, -0.15) is 0 Å². The van der Waals surface area contributed by atoms with Crippen LogP contribution in [0.4, 0.5) is 5.69 Å². The summed E-state index contributed by atoms with van der Waals surface area (Å²) in [4.78, 5) is 4.76. The minimum Gasteiger partial charge on any atom is -0.490 e. The lowest BCUT2D eigenvalue weighted by Crippen LogP contribution is -2.32. The average molecular weight is 572 g/mol. The van der Waals surface area contributed by atoms with E-state index in [1.807, 2.05) is 18.2 Å². The number of rotatable bonds is 10. The smallest absolute Gasteiger partial charge is 0.196 e. The van der Waals surface area contributed by atoms with Crippen LogP contribution in [-0.4, -0.2) is 67.4 Å². The van der Waals surface area contributed by atoms with Crippen LogP contribution in [0.5, 0.6) is 11.5 Å². The Morgan fingerprint density at radius 2 is 2.00 bits per heavy atom. The highest BCUT2D eigenvalue weighted by Gasteiger charge is 2.17. The number of nitrogens with zero attached hydrogens (tertiary/aromatic N) is 4. The first-order valence-electron chi connectivity index (χ1n) is 11.3. The molecular formula is C22H33IN6O4. The van der Waals surface area contributed by atoms with Crippen molar-refractivity contribution in [3.63, 3.8) is 0 Å². The molecular weight excluding hydrogens is 539 g/mol. The van der Waals surface area contributed by atoms with Crippen molar-refractivity contribution in [1.82, 2.24) is 20.1 Å². The highest BCUT2D eigenvalue weighted by atomic mass is 127. The molecule has 2 N–H and O–H groups in total. The minimum atomic E-state index is 0. The number of aliphatic imine (C=N–C) groups is 1. The zero-order chi connectivity index (χ0) is 22.0. The van der Waals surface area contributed by atoms with Gasteiger partial charge in [-0.05, 0) is 25.0 Å². The molecule has 0 saturated carbocycles. The second kappa shape index (κ2) is 13.6. The quantitative estimate of drug-likeness (QED) is 0.194. The molecule has 0 amide bonds. The molecule has 10 nitrogen and oxygen atoms in total. The maximum atomic E-state index is 5.81. The lowest BCUT2D eigenvalue weighted by molar-refractivity contribution is 0.0699. The van der Waals surface area contributed by atoms with Crippen LogP contribution in [0.1, 0.15) is 30.9 Å². The molecule has 0 fully saturated rings. The summed E-state index contributed by atoms with van der Waals surface area (Å²) < 4.78 is 24.2. The molecule has 11 heteroatoms. The molecule has 0 atom stereocenters. The van der Waals surface area contributed by atoms with Gasteiger partial charge in [0.2, 0.25) is 0 Å². The fourth-order valence-electron chi connectivity index (χ4n) is 3.62. The second-order valence-electron chi connectivity index (χ2n) is 7.67. The van der Waals surface area contributed by atoms with E-state index in [-0.39, 0.29) is 24.0 Å². The Kier molecular flexibility index (Phi) is 10.5. The van der Waals surface area contributed by atoms with E-state index >= 15 is 0 Å². The van der Waals surface area contributed by atoms with E-state index in [1.165, 1.54) is 0 Å². The number of aromatic nitrogens is 3. The first-order valence-corrected chi connectivity index (χ1v) is 11.3. The fraction of sp³-hybridized carbons (Fsp3) is 0.591. The lowest BCUT2D eigenvalue weighted by atomic mass is 10.2. The van der Waals surface area contributed by atoms with Gasteiger partial charge in [0.25, 0.3) is 0 Å². The van der Waals surface area contributed by atoms with Crippen molar-refractivity contribution >= 4 is 35.6 Å². The average Bonchev–Trinajstić information content (AvgIpc) is 3.34. The van der Waals surface area contributed by atoms with E-state index < -0.39 is 0 Å². The predicted molar refractivity (Wildman–Crippen MR) is 136 cm³/mol. The van der Waals surface area contributed by atoms with Gasteiger partial charge in [0.05, 0.1) is 26.4 Å². The summed E-state index contributed by atoms with van der Waals surface area (Å²) in [6.07, 6.45) is 3.83. The van der Waals surface area contributed by atoms with Crippen LogP contribution in [0.15, 0.2) is 23.2 Å². The SMILES string of the molecule is COCCOCCCNC(=NCc1nnc2n1CCC2)Nc1ccc2c(c1)OCCCO2.I. The van der Waals surface area contributed by atoms with Gasteiger partial charge in [0, 0.05) is 51.4 Å². The number of ether oxygens (including phenoxy) is 4. The van der Waals surface area contributed by atoms with Crippen molar-refractivity contribution < 1.29 is 18.9 Å². The van der Waals surface area contributed by atoms with Gasteiger partial charge in [-0.15, -0.1) is 34.2 Å². The topological polar surface area (TPSA) is 104 Å². The molecule has 1 aromatic heterocycles. The van der Waals surface area contributed by atoms with Crippen molar-refractivity contribution in [1.29, 1.82) is 0 Å². The zero-order valence-corrected chi connectivity index (χ0v) is 21.4. The van der Waals surface area contributed by atoms with Crippen molar-refractivity contribution in [3.8, 4) is 11.5 Å². The number of hydrogen-bond acceptors (Lipinski definition) is 7. The first-order chi connectivity index (χ1) is 15.8. The molecule has 0 unspecified atom stereocenters. The van der Waals surface area contributed by atoms with Crippen LogP contribution < -0.4 is 20.1 Å². The molecule has 0 spiro atoms. The molecule has 33 heavy (non-hydrogen) atoms. The normalized spacial score (nSPS) is 14.9.